The van der Waals surface area contributed by atoms with Crippen LogP contribution < -0.4 is 5.32 Å². The Bertz CT molecular complexity index is 743. The molecule has 5 nitrogen and oxygen atoms in total. The molecule has 0 atom stereocenters. The van der Waals surface area contributed by atoms with E-state index in [1.54, 1.807) is 17.5 Å². The SMILES string of the molecule is O=C(NCCc1scnc1-c1ccccc1)c1cnccn1. The molecule has 6 heteroatoms. The van der Waals surface area contributed by atoms with Gasteiger partial charge in [0.2, 0.25) is 0 Å². The third kappa shape index (κ3) is 3.35. The van der Waals surface area contributed by atoms with Crippen LogP contribution in [0, 0.1) is 0 Å². The van der Waals surface area contributed by atoms with Crippen LogP contribution >= 0.6 is 11.3 Å². The molecule has 2 aromatic heterocycles. The molecule has 0 saturated heterocycles. The summed E-state index contributed by atoms with van der Waals surface area (Å²) in [5, 5.41) is 2.85. The quantitative estimate of drug-likeness (QED) is 0.786. The summed E-state index contributed by atoms with van der Waals surface area (Å²) in [5.41, 5.74) is 4.25. The molecule has 0 aliphatic heterocycles. The van der Waals surface area contributed by atoms with E-state index in [9.17, 15) is 4.79 Å². The van der Waals surface area contributed by atoms with Gasteiger partial charge < -0.3 is 5.32 Å². The highest BCUT2D eigenvalue weighted by atomic mass is 32.1. The van der Waals surface area contributed by atoms with Crippen molar-refractivity contribution in [3.8, 4) is 11.3 Å². The van der Waals surface area contributed by atoms with Crippen LogP contribution in [-0.4, -0.2) is 27.4 Å². The first-order valence-electron chi connectivity index (χ1n) is 6.86. The molecule has 1 aromatic carbocycles. The summed E-state index contributed by atoms with van der Waals surface area (Å²) in [7, 11) is 0. The van der Waals surface area contributed by atoms with Crippen molar-refractivity contribution < 1.29 is 4.79 Å². The predicted octanol–water partition coefficient (Wildman–Crippen LogP) is 2.57. The highest BCUT2D eigenvalue weighted by molar-refractivity contribution is 7.10. The molecule has 0 unspecified atom stereocenters. The fourth-order valence-corrected chi connectivity index (χ4v) is 2.86. The van der Waals surface area contributed by atoms with E-state index in [-0.39, 0.29) is 5.91 Å². The highest BCUT2D eigenvalue weighted by Gasteiger charge is 2.10. The first-order valence-corrected chi connectivity index (χ1v) is 7.74. The lowest BCUT2D eigenvalue weighted by molar-refractivity contribution is 0.0949. The Labute approximate surface area is 132 Å². The topological polar surface area (TPSA) is 67.8 Å². The first-order chi connectivity index (χ1) is 10.8. The van der Waals surface area contributed by atoms with Crippen molar-refractivity contribution in [2.45, 2.75) is 6.42 Å². The molecule has 0 fully saturated rings. The van der Waals surface area contributed by atoms with E-state index in [4.69, 9.17) is 0 Å². The van der Waals surface area contributed by atoms with Crippen molar-refractivity contribution in [3.63, 3.8) is 0 Å². The number of aromatic nitrogens is 3. The maximum Gasteiger partial charge on any atom is 0.271 e. The van der Waals surface area contributed by atoms with Gasteiger partial charge in [-0.05, 0) is 0 Å². The van der Waals surface area contributed by atoms with Crippen molar-refractivity contribution in [1.29, 1.82) is 0 Å². The second-order valence-electron chi connectivity index (χ2n) is 4.59. The van der Waals surface area contributed by atoms with E-state index in [1.807, 2.05) is 35.8 Å². The van der Waals surface area contributed by atoms with Gasteiger partial charge in [0.05, 0.1) is 17.4 Å². The molecule has 1 amide bonds. The number of benzene rings is 1. The van der Waals surface area contributed by atoms with Crippen LogP contribution in [0.2, 0.25) is 0 Å². The zero-order valence-corrected chi connectivity index (χ0v) is 12.6. The van der Waals surface area contributed by atoms with Crippen LogP contribution in [0.3, 0.4) is 0 Å². The molecule has 0 radical (unpaired) electrons. The second kappa shape index (κ2) is 6.91. The number of carbonyl (C=O) groups is 1. The van der Waals surface area contributed by atoms with E-state index in [0.29, 0.717) is 12.2 Å². The molecule has 3 rings (SSSR count). The minimum Gasteiger partial charge on any atom is -0.350 e. The lowest BCUT2D eigenvalue weighted by atomic mass is 10.1. The number of hydrogen-bond acceptors (Lipinski definition) is 5. The molecular weight excluding hydrogens is 296 g/mol. The molecule has 0 spiro atoms. The zero-order chi connectivity index (χ0) is 15.2. The highest BCUT2D eigenvalue weighted by Crippen LogP contribution is 2.25. The van der Waals surface area contributed by atoms with Gasteiger partial charge in [-0.15, -0.1) is 11.3 Å². The van der Waals surface area contributed by atoms with E-state index < -0.39 is 0 Å². The Hall–Kier alpha value is -2.60. The number of nitrogens with zero attached hydrogens (tertiary/aromatic N) is 3. The standard InChI is InChI=1S/C16H14N4OS/c21-16(13-10-17-8-9-18-13)19-7-6-14-15(20-11-22-14)12-4-2-1-3-5-12/h1-5,8-11H,6-7H2,(H,19,21). The average Bonchev–Trinajstić information content (AvgIpc) is 3.05. The fourth-order valence-electron chi connectivity index (χ4n) is 2.08. The number of hydrogen-bond donors (Lipinski definition) is 1. The molecule has 22 heavy (non-hydrogen) atoms. The van der Waals surface area contributed by atoms with Gasteiger partial charge in [0.25, 0.3) is 5.91 Å². The van der Waals surface area contributed by atoms with Gasteiger partial charge in [-0.1, -0.05) is 30.3 Å². The summed E-state index contributed by atoms with van der Waals surface area (Å²) in [6, 6.07) is 10.0. The Morgan fingerprint density at radius 3 is 2.77 bits per heavy atom. The lowest BCUT2D eigenvalue weighted by Crippen LogP contribution is -2.26. The number of thiazole rings is 1. The monoisotopic (exact) mass is 310 g/mol. The minimum absolute atomic E-state index is 0.209. The van der Waals surface area contributed by atoms with E-state index in [1.165, 1.54) is 12.4 Å². The Morgan fingerprint density at radius 2 is 2.00 bits per heavy atom. The largest absolute Gasteiger partial charge is 0.350 e. The van der Waals surface area contributed by atoms with Gasteiger partial charge in [0.15, 0.2) is 0 Å². The summed E-state index contributed by atoms with van der Waals surface area (Å²) >= 11 is 1.60. The van der Waals surface area contributed by atoms with Gasteiger partial charge >= 0.3 is 0 Å². The van der Waals surface area contributed by atoms with E-state index >= 15 is 0 Å². The smallest absolute Gasteiger partial charge is 0.271 e. The van der Waals surface area contributed by atoms with Crippen LogP contribution in [0.1, 0.15) is 15.4 Å². The Balaban J connectivity index is 1.61. The van der Waals surface area contributed by atoms with E-state index in [0.717, 1.165) is 22.6 Å². The fraction of sp³-hybridized carbons (Fsp3) is 0.125. The second-order valence-corrected chi connectivity index (χ2v) is 5.53. The molecule has 0 aliphatic rings. The van der Waals surface area contributed by atoms with Crippen LogP contribution in [0.5, 0.6) is 0 Å². The van der Waals surface area contributed by atoms with Gasteiger partial charge in [-0.2, -0.15) is 0 Å². The Kier molecular flexibility index (Phi) is 4.50. The van der Waals surface area contributed by atoms with Crippen LogP contribution in [0.25, 0.3) is 11.3 Å². The molecule has 0 aliphatic carbocycles. The van der Waals surface area contributed by atoms with Crippen molar-refractivity contribution in [2.75, 3.05) is 6.54 Å². The first kappa shape index (κ1) is 14.3. The third-order valence-electron chi connectivity index (χ3n) is 3.12. The van der Waals surface area contributed by atoms with Crippen LogP contribution in [-0.2, 0) is 6.42 Å². The minimum atomic E-state index is -0.209. The predicted molar refractivity (Wildman–Crippen MR) is 85.6 cm³/mol. The Morgan fingerprint density at radius 1 is 1.14 bits per heavy atom. The van der Waals surface area contributed by atoms with Crippen molar-refractivity contribution in [1.82, 2.24) is 20.3 Å². The third-order valence-corrected chi connectivity index (χ3v) is 4.01. The van der Waals surface area contributed by atoms with Crippen molar-refractivity contribution in [2.24, 2.45) is 0 Å². The number of amides is 1. The summed E-state index contributed by atoms with van der Waals surface area (Å²) in [4.78, 5) is 25.3. The zero-order valence-electron chi connectivity index (χ0n) is 11.8. The molecule has 3 aromatic rings. The van der Waals surface area contributed by atoms with Crippen LogP contribution in [0.4, 0.5) is 0 Å². The van der Waals surface area contributed by atoms with Gasteiger partial charge in [0, 0.05) is 35.8 Å². The number of rotatable bonds is 5. The summed E-state index contributed by atoms with van der Waals surface area (Å²) in [5.74, 6) is -0.209. The van der Waals surface area contributed by atoms with Gasteiger partial charge in [-0.3, -0.25) is 9.78 Å². The molecule has 0 bridgehead atoms. The van der Waals surface area contributed by atoms with Crippen LogP contribution in [0.15, 0.2) is 54.4 Å². The average molecular weight is 310 g/mol. The molecule has 1 N–H and O–H groups in total. The number of nitrogens with one attached hydrogen (secondary N) is 1. The number of carbonyl (C=O) groups excluding carboxylic acids is 1. The van der Waals surface area contributed by atoms with Gasteiger partial charge in [0.1, 0.15) is 5.69 Å². The molecular formula is C16H14N4OS. The summed E-state index contributed by atoms with van der Waals surface area (Å²) in [6.07, 6.45) is 5.24. The summed E-state index contributed by atoms with van der Waals surface area (Å²) < 4.78 is 0. The maximum atomic E-state index is 11.9. The molecule has 110 valence electrons. The maximum absolute atomic E-state index is 11.9. The molecule has 2 heterocycles. The molecule has 0 saturated carbocycles. The summed E-state index contributed by atoms with van der Waals surface area (Å²) in [6.45, 7) is 0.539. The van der Waals surface area contributed by atoms with Crippen molar-refractivity contribution in [3.05, 3.63) is 65.0 Å². The van der Waals surface area contributed by atoms with E-state index in [2.05, 4.69) is 20.3 Å². The van der Waals surface area contributed by atoms with Crippen molar-refractivity contribution >= 4 is 17.2 Å². The van der Waals surface area contributed by atoms with Gasteiger partial charge in [-0.25, -0.2) is 9.97 Å². The normalized spacial score (nSPS) is 10.4. The lowest BCUT2D eigenvalue weighted by Gasteiger charge is -2.05.